The fraction of sp³-hybridized carbons (Fsp3) is 0.214. The number of carbonyl (C=O) groups is 2. The molecule has 464 valence electrons. The van der Waals surface area contributed by atoms with Crippen molar-refractivity contribution >= 4 is 48.3 Å². The highest BCUT2D eigenvalue weighted by molar-refractivity contribution is 6.62. The number of carboxylic acids is 1. The van der Waals surface area contributed by atoms with Gasteiger partial charge in [0, 0.05) is 102 Å². The number of hydrogen-bond acceptors (Lipinski definition) is 13. The second-order valence-electron chi connectivity index (χ2n) is 20.4. The van der Waals surface area contributed by atoms with Crippen molar-refractivity contribution in [1.82, 2.24) is 34.9 Å². The summed E-state index contributed by atoms with van der Waals surface area (Å²) in [4.78, 5) is 51.2. The van der Waals surface area contributed by atoms with E-state index in [1.54, 1.807) is 79.8 Å². The number of nitrogens with two attached hydrogens (primary N) is 2. The van der Waals surface area contributed by atoms with E-state index in [0.29, 0.717) is 31.5 Å². The topological polar surface area (TPSA) is 215 Å². The first kappa shape index (κ1) is 72.7. The van der Waals surface area contributed by atoms with Crippen molar-refractivity contribution in [2.24, 2.45) is 11.5 Å². The molecule has 1 aliphatic rings. The van der Waals surface area contributed by atoms with Crippen molar-refractivity contribution in [3.8, 4) is 44.8 Å². The van der Waals surface area contributed by atoms with E-state index < -0.39 is 19.1 Å². The van der Waals surface area contributed by atoms with Crippen LogP contribution in [0.3, 0.4) is 0 Å². The third-order valence-corrected chi connectivity index (χ3v) is 14.0. The minimum absolute atomic E-state index is 0. The molecule has 0 spiro atoms. The molecule has 1 fully saturated rings. The number of hydrogen-bond donors (Lipinski definition) is 3. The number of halogens is 4. The zero-order valence-corrected chi connectivity index (χ0v) is 50.8. The average molecular weight is 1250 g/mol. The van der Waals surface area contributed by atoms with Crippen molar-refractivity contribution in [2.75, 3.05) is 7.15 Å². The number of carboxylic acid groups (broad SMARTS) is 1. The predicted molar refractivity (Wildman–Crippen MR) is 358 cm³/mol. The number of alkyl halides is 1. The molecule has 11 rings (SSSR count). The van der Waals surface area contributed by atoms with Gasteiger partial charge in [-0.05, 0) is 135 Å². The van der Waals surface area contributed by atoms with Crippen molar-refractivity contribution in [3.05, 3.63) is 264 Å². The van der Waals surface area contributed by atoms with Gasteiger partial charge in [0.25, 0.3) is 0 Å². The van der Waals surface area contributed by atoms with E-state index in [1.165, 1.54) is 23.4 Å². The van der Waals surface area contributed by atoms with Crippen molar-refractivity contribution in [2.45, 2.75) is 93.5 Å². The lowest BCUT2D eigenvalue weighted by Crippen LogP contribution is -2.41. The van der Waals surface area contributed by atoms with Gasteiger partial charge in [-0.2, -0.15) is 4.39 Å². The lowest BCUT2D eigenvalue weighted by atomic mass is 9.79. The number of rotatable bonds is 12. The fourth-order valence-electron chi connectivity index (χ4n) is 8.21. The van der Waals surface area contributed by atoms with Crippen LogP contribution in [-0.2, 0) is 28.8 Å². The maximum absolute atomic E-state index is 13.3. The number of pyridine rings is 3. The molecule has 10 aromatic rings. The second-order valence-corrected chi connectivity index (χ2v) is 20.8. The van der Waals surface area contributed by atoms with Crippen molar-refractivity contribution in [1.29, 1.82) is 0 Å². The SMILES string of the molecule is C.C.CC1(C)OB(c2ccc(CN)cc2)OC1(C)C.Cc1cc(-c2ccc(CN)cc2)ccn1.Cc1cc(Cl)ccn1.Cl.O=C(CCc1ccc(-c2ccnc(F)c2)cc1)c1ccc(-c2cnccn2)cc1.O=C(O)c1ccc(-c2cnccn2)cc1.[2H]CF. The molecule has 5 N–H and O–H groups in total. The number of Topliss-reactive ketones (excluding diaryl/α,β-unsaturated/α-hetero) is 1. The Bertz CT molecular complexity index is 3690. The van der Waals surface area contributed by atoms with Gasteiger partial charge in [0.2, 0.25) is 5.95 Å². The molecule has 6 heterocycles. The smallest absolute Gasteiger partial charge is 0.478 e. The van der Waals surface area contributed by atoms with E-state index in [-0.39, 0.29) is 56.9 Å². The Hall–Kier alpha value is -8.81. The van der Waals surface area contributed by atoms with Crippen molar-refractivity contribution in [3.63, 3.8) is 0 Å². The zero-order valence-electron chi connectivity index (χ0n) is 50.2. The van der Waals surface area contributed by atoms with Gasteiger partial charge in [0.1, 0.15) is 0 Å². The van der Waals surface area contributed by atoms with Crippen LogP contribution in [0.1, 0.15) is 99.1 Å². The van der Waals surface area contributed by atoms with E-state index in [1.807, 2.05) is 105 Å². The predicted octanol–water partition coefficient (Wildman–Crippen LogP) is 15.3. The summed E-state index contributed by atoms with van der Waals surface area (Å²) in [5.41, 5.74) is 25.3. The second kappa shape index (κ2) is 37.1. The normalized spacial score (nSPS) is 12.1. The first-order chi connectivity index (χ1) is 41.8. The molecular formula is C70H78BCl2F2N9O5. The number of aromatic nitrogens is 7. The summed E-state index contributed by atoms with van der Waals surface area (Å²) in [7, 11) is -1.29. The number of aromatic carboxylic acids is 1. The quantitative estimate of drug-likeness (QED) is 0.0589. The maximum atomic E-state index is 13.3. The van der Waals surface area contributed by atoms with Crippen LogP contribution in [0, 0.1) is 19.8 Å². The maximum Gasteiger partial charge on any atom is 0.494 e. The van der Waals surface area contributed by atoms with Gasteiger partial charge < -0.3 is 25.9 Å². The monoisotopic (exact) mass is 1240 g/mol. The Morgan fingerprint density at radius 2 is 0.966 bits per heavy atom. The summed E-state index contributed by atoms with van der Waals surface area (Å²) in [6.07, 6.45) is 15.8. The molecule has 1 saturated heterocycles. The minimum Gasteiger partial charge on any atom is -0.478 e. The van der Waals surface area contributed by atoms with Crippen LogP contribution in [0.4, 0.5) is 8.78 Å². The summed E-state index contributed by atoms with van der Waals surface area (Å²) in [5, 5.41) is 9.47. The standard InChI is InChI=1S/C24H18FN3O.C13H20BNO2.C13H14N2.C11H8N2O2.C6H6ClN.CH3F.2CH4.ClH/c25-24-15-21(11-12-28-24)18-4-1-17(2-5-18)3-10-23(29)20-8-6-19(7-9-20)22-16-26-13-14-27-22;1-12(2)13(3,4)17-14(16-12)11-7-5-10(9-15)6-8-11;1-10-8-13(6-7-15-10)12-4-2-11(9-14)3-5-12;14-11(15)9-3-1-8(2-4-9)10-7-12-5-6-13-10;1-5-4-6(7)2-3-8-5;1-2;;;/h1-2,4-9,11-16H,3,10H2;5-8H,9,15H2,1-4H3;2-8H,9,14H2,1H3;1-7H,(H,14,15);2-4H,1H3;1H3;2*1H4;1H/i;;;;;1D;;;. The molecule has 0 amide bonds. The third kappa shape index (κ3) is 23.0. The van der Waals surface area contributed by atoms with E-state index in [4.69, 9.17) is 38.9 Å². The van der Waals surface area contributed by atoms with Crippen LogP contribution in [0.25, 0.3) is 44.8 Å². The van der Waals surface area contributed by atoms with Gasteiger partial charge in [0.05, 0.1) is 49.1 Å². The molecule has 89 heavy (non-hydrogen) atoms. The summed E-state index contributed by atoms with van der Waals surface area (Å²) in [6, 6.07) is 49.0. The highest BCUT2D eigenvalue weighted by Gasteiger charge is 2.51. The summed E-state index contributed by atoms with van der Waals surface area (Å²) >= 11 is 5.60. The number of benzene rings is 5. The van der Waals surface area contributed by atoms with Crippen LogP contribution in [-0.4, -0.2) is 77.2 Å². The Balaban J connectivity index is 0.000000303. The molecule has 0 unspecified atom stereocenters. The number of ketones is 1. The zero-order chi connectivity index (χ0) is 62.8. The number of carbonyl (C=O) groups excluding carboxylic acids is 1. The highest BCUT2D eigenvalue weighted by Crippen LogP contribution is 2.36. The van der Waals surface area contributed by atoms with Gasteiger partial charge in [-0.25, -0.2) is 9.78 Å². The van der Waals surface area contributed by atoms with Gasteiger partial charge in [-0.15, -0.1) is 12.4 Å². The minimum atomic E-state index is -1.00. The highest BCUT2D eigenvalue weighted by atomic mass is 35.5. The Morgan fingerprint density at radius 1 is 0.551 bits per heavy atom. The van der Waals surface area contributed by atoms with Crippen LogP contribution >= 0.6 is 24.0 Å². The van der Waals surface area contributed by atoms with E-state index in [2.05, 4.69) is 92.9 Å². The van der Waals surface area contributed by atoms with E-state index in [9.17, 15) is 18.4 Å². The van der Waals surface area contributed by atoms with Gasteiger partial charge in [-0.1, -0.05) is 136 Å². The average Bonchev–Trinajstić information content (AvgIpc) is 1.74. The molecule has 1 aliphatic heterocycles. The largest absolute Gasteiger partial charge is 0.494 e. The summed E-state index contributed by atoms with van der Waals surface area (Å²) in [6.45, 7) is 13.3. The van der Waals surface area contributed by atoms with Crippen LogP contribution in [0.5, 0.6) is 0 Å². The Morgan fingerprint density at radius 3 is 1.37 bits per heavy atom. The molecule has 0 bridgehead atoms. The third-order valence-electron chi connectivity index (χ3n) is 13.7. The summed E-state index contributed by atoms with van der Waals surface area (Å²) in [5.74, 6) is -1.33. The molecular weight excluding hydrogens is 1170 g/mol. The molecule has 5 aromatic carbocycles. The molecule has 5 aromatic heterocycles. The molecule has 0 atom stereocenters. The lowest BCUT2D eigenvalue weighted by Gasteiger charge is -2.32. The number of nitrogens with zero attached hydrogens (tertiary/aromatic N) is 7. The molecule has 0 radical (unpaired) electrons. The lowest BCUT2D eigenvalue weighted by molar-refractivity contribution is 0.00578. The molecule has 19 heteroatoms. The number of aryl methyl sites for hydroxylation is 3. The first-order valence-corrected chi connectivity index (χ1v) is 27.7. The van der Waals surface area contributed by atoms with Crippen LogP contribution < -0.4 is 16.9 Å². The van der Waals surface area contributed by atoms with Crippen LogP contribution in [0.2, 0.25) is 5.02 Å². The van der Waals surface area contributed by atoms with Crippen molar-refractivity contribution < 1.29 is 34.2 Å². The molecule has 14 nitrogen and oxygen atoms in total. The Labute approximate surface area is 535 Å². The summed E-state index contributed by atoms with van der Waals surface area (Å²) < 4.78 is 40.7. The fourth-order valence-corrected chi connectivity index (χ4v) is 8.43. The van der Waals surface area contributed by atoms with Gasteiger partial charge in [0.15, 0.2) is 5.78 Å². The first-order valence-electron chi connectivity index (χ1n) is 28.0. The van der Waals surface area contributed by atoms with Gasteiger partial charge >= 0.3 is 13.1 Å². The van der Waals surface area contributed by atoms with E-state index in [0.717, 1.165) is 72.2 Å². The van der Waals surface area contributed by atoms with E-state index >= 15 is 0 Å². The van der Waals surface area contributed by atoms with Crippen LogP contribution in [0.15, 0.2) is 213 Å². The van der Waals surface area contributed by atoms with Gasteiger partial charge in [-0.3, -0.25) is 39.1 Å². The molecule has 0 saturated carbocycles. The molecule has 0 aliphatic carbocycles. The Kier molecular flexibility index (Phi) is 30.3.